The highest BCUT2D eigenvalue weighted by Crippen LogP contribution is 2.20. The van der Waals surface area contributed by atoms with Gasteiger partial charge < -0.3 is 15.1 Å². The van der Waals surface area contributed by atoms with Gasteiger partial charge in [-0.1, -0.05) is 0 Å². The van der Waals surface area contributed by atoms with Crippen molar-refractivity contribution in [2.45, 2.75) is 40.2 Å². The van der Waals surface area contributed by atoms with E-state index in [1.165, 1.54) is 25.1 Å². The number of hydrogen-bond acceptors (Lipinski definition) is 4. The van der Waals surface area contributed by atoms with Gasteiger partial charge in [-0.2, -0.15) is 0 Å². The zero-order chi connectivity index (χ0) is 19.6. The average Bonchev–Trinajstić information content (AvgIpc) is 2.90. The number of carbonyl (C=O) groups is 3. The number of benzene rings is 1. The van der Waals surface area contributed by atoms with Crippen LogP contribution < -0.4 is 10.6 Å². The van der Waals surface area contributed by atoms with Crippen molar-refractivity contribution in [3.05, 3.63) is 52.7 Å². The number of furan rings is 1. The number of nitrogens with one attached hydrogen (secondary N) is 2. The van der Waals surface area contributed by atoms with Gasteiger partial charge in [0.1, 0.15) is 12.1 Å². The van der Waals surface area contributed by atoms with Crippen molar-refractivity contribution in [3.8, 4) is 0 Å². The molecule has 2 aromatic rings. The molecule has 1 aromatic carbocycles. The Kier molecular flexibility index (Phi) is 5.30. The van der Waals surface area contributed by atoms with Crippen LogP contribution in [0.2, 0.25) is 0 Å². The first kappa shape index (κ1) is 19.4. The normalized spacial score (nSPS) is 11.2. The Balaban J connectivity index is 2.19. The molecule has 0 aliphatic rings. The van der Waals surface area contributed by atoms with E-state index in [2.05, 4.69) is 10.6 Å². The molecular formula is C19H21FN2O4. The largest absolute Gasteiger partial charge is 0.460 e. The van der Waals surface area contributed by atoms with E-state index in [0.29, 0.717) is 11.3 Å². The lowest BCUT2D eigenvalue weighted by atomic mass is 10.1. The van der Waals surface area contributed by atoms with Crippen molar-refractivity contribution in [1.29, 1.82) is 0 Å². The third-order valence-corrected chi connectivity index (χ3v) is 3.60. The maximum absolute atomic E-state index is 13.3. The highest BCUT2D eigenvalue weighted by molar-refractivity contribution is 6.42. The van der Waals surface area contributed by atoms with Crippen LogP contribution in [0.1, 0.15) is 52.8 Å². The van der Waals surface area contributed by atoms with Crippen LogP contribution in [0.4, 0.5) is 10.1 Å². The van der Waals surface area contributed by atoms with Crippen molar-refractivity contribution in [3.63, 3.8) is 0 Å². The summed E-state index contributed by atoms with van der Waals surface area (Å²) in [6, 6.07) is 4.17. The second-order valence-electron chi connectivity index (χ2n) is 7.05. The molecule has 138 valence electrons. The van der Waals surface area contributed by atoms with Crippen molar-refractivity contribution in [1.82, 2.24) is 5.32 Å². The molecule has 0 unspecified atom stereocenters. The Morgan fingerprint density at radius 1 is 1.12 bits per heavy atom. The summed E-state index contributed by atoms with van der Waals surface area (Å²) < 4.78 is 18.5. The minimum Gasteiger partial charge on any atom is -0.460 e. The zero-order valence-electron chi connectivity index (χ0n) is 15.3. The molecule has 0 saturated heterocycles. The summed E-state index contributed by atoms with van der Waals surface area (Å²) in [5, 5.41) is 5.16. The van der Waals surface area contributed by atoms with Gasteiger partial charge in [-0.15, -0.1) is 0 Å². The van der Waals surface area contributed by atoms with Gasteiger partial charge in [0, 0.05) is 16.8 Å². The van der Waals surface area contributed by atoms with Crippen LogP contribution >= 0.6 is 0 Å². The van der Waals surface area contributed by atoms with E-state index >= 15 is 0 Å². The topological polar surface area (TPSA) is 88.4 Å². The van der Waals surface area contributed by atoms with Gasteiger partial charge in [0.2, 0.25) is 0 Å². The monoisotopic (exact) mass is 360 g/mol. The predicted molar refractivity (Wildman–Crippen MR) is 94.8 cm³/mol. The van der Waals surface area contributed by atoms with Crippen LogP contribution in [0.15, 0.2) is 28.9 Å². The van der Waals surface area contributed by atoms with Gasteiger partial charge in [-0.05, 0) is 58.4 Å². The fraction of sp³-hybridized carbons (Fsp3) is 0.316. The summed E-state index contributed by atoms with van der Waals surface area (Å²) in [6.07, 6.45) is 1.12. The van der Waals surface area contributed by atoms with Crippen LogP contribution in [-0.2, 0) is 4.79 Å². The molecular weight excluding hydrogens is 339 g/mol. The smallest absolute Gasteiger partial charge is 0.296 e. The van der Waals surface area contributed by atoms with Gasteiger partial charge >= 0.3 is 0 Å². The number of anilines is 1. The molecule has 2 N–H and O–H groups in total. The number of halogens is 1. The third kappa shape index (κ3) is 4.36. The van der Waals surface area contributed by atoms with Crippen LogP contribution in [0.3, 0.4) is 0 Å². The minimum atomic E-state index is -0.853. The molecule has 0 saturated carbocycles. The van der Waals surface area contributed by atoms with Gasteiger partial charge in [-0.25, -0.2) is 4.39 Å². The molecule has 0 aliphatic carbocycles. The number of amides is 2. The molecule has 1 heterocycles. The van der Waals surface area contributed by atoms with E-state index in [9.17, 15) is 18.8 Å². The SMILES string of the molecule is Cc1cc(NC(=O)c2coc(C(=O)C(=O)NC(C)(C)C)c2C)ccc1F. The first-order chi connectivity index (χ1) is 12.0. The Hall–Kier alpha value is -2.96. The molecule has 6 nitrogen and oxygen atoms in total. The number of carbonyl (C=O) groups excluding carboxylic acids is 3. The lowest BCUT2D eigenvalue weighted by Gasteiger charge is -2.19. The van der Waals surface area contributed by atoms with Crippen LogP contribution in [-0.4, -0.2) is 23.1 Å². The number of hydrogen-bond donors (Lipinski definition) is 2. The summed E-state index contributed by atoms with van der Waals surface area (Å²) in [7, 11) is 0. The lowest BCUT2D eigenvalue weighted by molar-refractivity contribution is -0.118. The van der Waals surface area contributed by atoms with E-state index < -0.39 is 23.1 Å². The molecule has 0 spiro atoms. The molecule has 0 bridgehead atoms. The molecule has 26 heavy (non-hydrogen) atoms. The Morgan fingerprint density at radius 2 is 1.77 bits per heavy atom. The van der Waals surface area contributed by atoms with Crippen LogP contribution in [0.5, 0.6) is 0 Å². The number of rotatable bonds is 4. The summed E-state index contributed by atoms with van der Waals surface area (Å²) in [6.45, 7) is 8.34. The Bertz CT molecular complexity index is 878. The third-order valence-electron chi connectivity index (χ3n) is 3.60. The second kappa shape index (κ2) is 7.11. The van der Waals surface area contributed by atoms with Crippen molar-refractivity contribution in [2.24, 2.45) is 0 Å². The molecule has 0 atom stereocenters. The molecule has 7 heteroatoms. The summed E-state index contributed by atoms with van der Waals surface area (Å²) in [5.74, 6) is -2.75. The summed E-state index contributed by atoms with van der Waals surface area (Å²) >= 11 is 0. The first-order valence-corrected chi connectivity index (χ1v) is 8.02. The summed E-state index contributed by atoms with van der Waals surface area (Å²) in [5.41, 5.74) is 0.608. The van der Waals surface area contributed by atoms with Crippen LogP contribution in [0.25, 0.3) is 0 Å². The van der Waals surface area contributed by atoms with Gasteiger partial charge in [0.05, 0.1) is 5.56 Å². The van der Waals surface area contributed by atoms with E-state index in [-0.39, 0.29) is 22.7 Å². The van der Waals surface area contributed by atoms with E-state index in [1.807, 2.05) is 0 Å². The number of aryl methyl sites for hydroxylation is 1. The molecule has 0 radical (unpaired) electrons. The standard InChI is InChI=1S/C19H21FN2O4/c1-10-8-12(6-7-14(10)20)21-17(24)13-9-26-16(11(13)2)15(23)18(25)22-19(3,4)5/h6-9H,1-5H3,(H,21,24)(H,22,25). The number of ketones is 1. The summed E-state index contributed by atoms with van der Waals surface area (Å²) in [4.78, 5) is 36.6. The predicted octanol–water partition coefficient (Wildman–Crippen LogP) is 3.39. The molecule has 2 rings (SSSR count). The van der Waals surface area contributed by atoms with Crippen LogP contribution in [0, 0.1) is 19.7 Å². The maximum atomic E-state index is 13.3. The number of Topliss-reactive ketones (excluding diaryl/α,β-unsaturated/α-hetero) is 1. The molecule has 0 aliphatic heterocycles. The quantitative estimate of drug-likeness (QED) is 0.646. The lowest BCUT2D eigenvalue weighted by Crippen LogP contribution is -2.44. The molecule has 0 fully saturated rings. The van der Waals surface area contributed by atoms with Gasteiger partial charge in [-0.3, -0.25) is 14.4 Å². The van der Waals surface area contributed by atoms with Gasteiger partial charge in [0.25, 0.3) is 17.6 Å². The van der Waals surface area contributed by atoms with E-state index in [0.717, 1.165) is 6.26 Å². The maximum Gasteiger partial charge on any atom is 0.296 e. The minimum absolute atomic E-state index is 0.124. The van der Waals surface area contributed by atoms with Crippen molar-refractivity contribution in [2.75, 3.05) is 5.32 Å². The highest BCUT2D eigenvalue weighted by Gasteiger charge is 2.28. The average molecular weight is 360 g/mol. The highest BCUT2D eigenvalue weighted by atomic mass is 19.1. The second-order valence-corrected chi connectivity index (χ2v) is 7.05. The van der Waals surface area contributed by atoms with Gasteiger partial charge in [0.15, 0.2) is 5.76 Å². The zero-order valence-corrected chi connectivity index (χ0v) is 15.3. The van der Waals surface area contributed by atoms with Crippen molar-refractivity contribution >= 4 is 23.3 Å². The van der Waals surface area contributed by atoms with Crippen molar-refractivity contribution < 1.29 is 23.2 Å². The fourth-order valence-electron chi connectivity index (χ4n) is 2.29. The Labute approximate surface area is 150 Å². The molecule has 1 aromatic heterocycles. The first-order valence-electron chi connectivity index (χ1n) is 8.02. The fourth-order valence-corrected chi connectivity index (χ4v) is 2.29. The van der Waals surface area contributed by atoms with E-state index in [4.69, 9.17) is 4.42 Å². The van der Waals surface area contributed by atoms with E-state index in [1.54, 1.807) is 27.7 Å². The Morgan fingerprint density at radius 3 is 2.35 bits per heavy atom. The molecule has 2 amide bonds.